The Hall–Kier alpha value is -0.860. The molecule has 0 aromatic heterocycles. The van der Waals surface area contributed by atoms with Crippen molar-refractivity contribution < 1.29 is 0 Å². The topological polar surface area (TPSA) is 15.3 Å². The zero-order valence-electron chi connectivity index (χ0n) is 11.1. The maximum Gasteiger partial charge on any atom is 0.0177 e. The van der Waals surface area contributed by atoms with E-state index < -0.39 is 0 Å². The molecule has 1 aliphatic carbocycles. The fraction of sp³-hybridized carbons (Fsp3) is 0.600. The van der Waals surface area contributed by atoms with Crippen LogP contribution in [-0.4, -0.2) is 37.1 Å². The predicted octanol–water partition coefficient (Wildman–Crippen LogP) is 2.09. The second-order valence-corrected chi connectivity index (χ2v) is 4.62. The lowest BCUT2D eigenvalue weighted by Gasteiger charge is -2.32. The van der Waals surface area contributed by atoms with E-state index in [1.807, 2.05) is 13.8 Å². The van der Waals surface area contributed by atoms with Gasteiger partial charge >= 0.3 is 0 Å². The molecule has 1 N–H and O–H groups in total. The average Bonchev–Trinajstić information content (AvgIpc) is 2.86. The van der Waals surface area contributed by atoms with E-state index in [1.165, 1.54) is 25.9 Å². The second-order valence-electron chi connectivity index (χ2n) is 4.62. The minimum absolute atomic E-state index is 0.768. The number of piperazine rings is 1. The molecule has 1 fully saturated rings. The summed E-state index contributed by atoms with van der Waals surface area (Å²) in [6.07, 6.45) is 2.52. The summed E-state index contributed by atoms with van der Waals surface area (Å²) in [6.45, 7) is 8.76. The summed E-state index contributed by atoms with van der Waals surface area (Å²) in [5.41, 5.74) is 3.14. The van der Waals surface area contributed by atoms with Crippen LogP contribution in [0.2, 0.25) is 0 Å². The van der Waals surface area contributed by atoms with Crippen LogP contribution in [0.4, 0.5) is 0 Å². The van der Waals surface area contributed by atoms with E-state index in [1.54, 1.807) is 11.1 Å². The highest BCUT2D eigenvalue weighted by molar-refractivity contribution is 5.33. The maximum atomic E-state index is 3.42. The lowest BCUT2D eigenvalue weighted by Crippen LogP contribution is -2.48. The van der Waals surface area contributed by atoms with Crippen LogP contribution >= 0.6 is 0 Å². The van der Waals surface area contributed by atoms with Gasteiger partial charge < -0.3 is 5.32 Å². The monoisotopic (exact) mass is 232 g/mol. The molecule has 0 radical (unpaired) electrons. The molecule has 0 atom stereocenters. The van der Waals surface area contributed by atoms with Crippen molar-refractivity contribution in [1.82, 2.24) is 10.2 Å². The van der Waals surface area contributed by atoms with Gasteiger partial charge in [-0.1, -0.05) is 38.1 Å². The van der Waals surface area contributed by atoms with Crippen molar-refractivity contribution in [3.05, 3.63) is 35.4 Å². The number of rotatable bonds is 1. The van der Waals surface area contributed by atoms with Crippen LogP contribution in [-0.2, 0) is 12.8 Å². The van der Waals surface area contributed by atoms with Crippen molar-refractivity contribution in [3.63, 3.8) is 0 Å². The van der Waals surface area contributed by atoms with Crippen molar-refractivity contribution in [2.75, 3.05) is 26.2 Å². The number of hydrogen-bond donors (Lipinski definition) is 1. The first-order valence-corrected chi connectivity index (χ1v) is 6.95. The van der Waals surface area contributed by atoms with Gasteiger partial charge in [-0.25, -0.2) is 0 Å². The van der Waals surface area contributed by atoms with Gasteiger partial charge in [0, 0.05) is 32.2 Å². The molecule has 0 saturated carbocycles. The van der Waals surface area contributed by atoms with E-state index in [4.69, 9.17) is 0 Å². The van der Waals surface area contributed by atoms with Gasteiger partial charge in [0.2, 0.25) is 0 Å². The average molecular weight is 232 g/mol. The summed E-state index contributed by atoms with van der Waals surface area (Å²) in [5.74, 6) is 0. The lowest BCUT2D eigenvalue weighted by atomic mass is 10.1. The molecule has 3 rings (SSSR count). The Labute approximate surface area is 105 Å². The van der Waals surface area contributed by atoms with E-state index in [0.717, 1.165) is 19.1 Å². The molecule has 1 heterocycles. The molecular weight excluding hydrogens is 208 g/mol. The number of nitrogens with one attached hydrogen (secondary N) is 1. The summed E-state index contributed by atoms with van der Waals surface area (Å²) < 4.78 is 0. The second kappa shape index (κ2) is 6.18. The Kier molecular flexibility index (Phi) is 4.57. The van der Waals surface area contributed by atoms with E-state index in [9.17, 15) is 0 Å². The number of hydrogen-bond acceptors (Lipinski definition) is 2. The van der Waals surface area contributed by atoms with Crippen LogP contribution < -0.4 is 5.32 Å². The van der Waals surface area contributed by atoms with Gasteiger partial charge in [0.15, 0.2) is 0 Å². The lowest BCUT2D eigenvalue weighted by molar-refractivity contribution is 0.178. The maximum absolute atomic E-state index is 3.42. The van der Waals surface area contributed by atoms with E-state index >= 15 is 0 Å². The fourth-order valence-electron chi connectivity index (χ4n) is 2.84. The molecule has 2 heteroatoms. The van der Waals surface area contributed by atoms with Gasteiger partial charge in [-0.3, -0.25) is 4.90 Å². The quantitative estimate of drug-likeness (QED) is 0.797. The highest BCUT2D eigenvalue weighted by Crippen LogP contribution is 2.25. The van der Waals surface area contributed by atoms with Crippen LogP contribution in [0.15, 0.2) is 24.3 Å². The molecule has 2 nitrogen and oxygen atoms in total. The molecule has 0 bridgehead atoms. The van der Waals surface area contributed by atoms with Gasteiger partial charge in [0.25, 0.3) is 0 Å². The van der Waals surface area contributed by atoms with Gasteiger partial charge in [0.05, 0.1) is 0 Å². The Morgan fingerprint density at radius 2 is 1.53 bits per heavy atom. The molecule has 94 valence electrons. The first kappa shape index (κ1) is 12.6. The standard InChI is InChI=1S/C13H18N2.C2H6/c1-2-4-12-10-13(9-11(12)3-1)15-7-5-14-6-8-15;1-2/h1-4,13-14H,5-10H2;1-2H3. The van der Waals surface area contributed by atoms with Crippen LogP contribution in [0, 0.1) is 0 Å². The van der Waals surface area contributed by atoms with Crippen LogP contribution in [0.1, 0.15) is 25.0 Å². The van der Waals surface area contributed by atoms with Gasteiger partial charge in [-0.15, -0.1) is 0 Å². The zero-order valence-corrected chi connectivity index (χ0v) is 11.1. The normalized spacial score (nSPS) is 20.6. The number of nitrogens with zero attached hydrogens (tertiary/aromatic N) is 1. The van der Waals surface area contributed by atoms with Gasteiger partial charge in [-0.05, 0) is 24.0 Å². The minimum Gasteiger partial charge on any atom is -0.314 e. The molecule has 0 unspecified atom stereocenters. The van der Waals surface area contributed by atoms with Crippen LogP contribution in [0.5, 0.6) is 0 Å². The van der Waals surface area contributed by atoms with Crippen molar-refractivity contribution in [3.8, 4) is 0 Å². The first-order valence-electron chi connectivity index (χ1n) is 6.95. The molecule has 1 aliphatic heterocycles. The predicted molar refractivity (Wildman–Crippen MR) is 73.4 cm³/mol. The van der Waals surface area contributed by atoms with Crippen molar-refractivity contribution >= 4 is 0 Å². The smallest absolute Gasteiger partial charge is 0.0177 e. The largest absolute Gasteiger partial charge is 0.314 e. The first-order chi connectivity index (χ1) is 8.43. The molecule has 2 aliphatic rings. The highest BCUT2D eigenvalue weighted by atomic mass is 15.2. The molecule has 1 saturated heterocycles. The molecule has 1 aromatic carbocycles. The van der Waals surface area contributed by atoms with Crippen molar-refractivity contribution in [1.29, 1.82) is 0 Å². The fourth-order valence-corrected chi connectivity index (χ4v) is 2.84. The number of benzene rings is 1. The Morgan fingerprint density at radius 3 is 2.06 bits per heavy atom. The van der Waals surface area contributed by atoms with Crippen LogP contribution in [0.25, 0.3) is 0 Å². The molecule has 1 aromatic rings. The summed E-state index contributed by atoms with van der Waals surface area (Å²) in [4.78, 5) is 2.65. The molecule has 0 amide bonds. The third-order valence-corrected chi connectivity index (χ3v) is 3.70. The zero-order chi connectivity index (χ0) is 12.1. The summed E-state index contributed by atoms with van der Waals surface area (Å²) in [7, 11) is 0. The molecule has 0 spiro atoms. The molecule has 17 heavy (non-hydrogen) atoms. The highest BCUT2D eigenvalue weighted by Gasteiger charge is 2.26. The SMILES string of the molecule is CC.c1ccc2c(c1)CC(N1CCNCC1)C2. The van der Waals surface area contributed by atoms with Crippen molar-refractivity contribution in [2.24, 2.45) is 0 Å². The van der Waals surface area contributed by atoms with Crippen molar-refractivity contribution in [2.45, 2.75) is 32.7 Å². The summed E-state index contributed by atoms with van der Waals surface area (Å²) in [5, 5.41) is 3.42. The Morgan fingerprint density at radius 1 is 1.00 bits per heavy atom. The van der Waals surface area contributed by atoms with E-state index in [0.29, 0.717) is 0 Å². The Balaban J connectivity index is 0.000000514. The Bertz CT molecular complexity index is 318. The van der Waals surface area contributed by atoms with E-state index in [2.05, 4.69) is 34.5 Å². The third-order valence-electron chi connectivity index (χ3n) is 3.70. The van der Waals surface area contributed by atoms with Gasteiger partial charge in [0.1, 0.15) is 0 Å². The third kappa shape index (κ3) is 2.88. The summed E-state index contributed by atoms with van der Waals surface area (Å²) in [6, 6.07) is 9.68. The van der Waals surface area contributed by atoms with Crippen LogP contribution in [0.3, 0.4) is 0 Å². The minimum atomic E-state index is 0.768. The molecular formula is C15H24N2. The number of fused-ring (bicyclic) bond motifs is 1. The van der Waals surface area contributed by atoms with E-state index in [-0.39, 0.29) is 0 Å². The summed E-state index contributed by atoms with van der Waals surface area (Å²) >= 11 is 0. The van der Waals surface area contributed by atoms with Gasteiger partial charge in [-0.2, -0.15) is 0 Å².